The first-order valence-corrected chi connectivity index (χ1v) is 11.3. The number of carbonyl (C=O) groups excluding carboxylic acids is 2. The zero-order chi connectivity index (χ0) is 24.5. The first kappa shape index (κ1) is 24.6. The normalized spacial score (nSPS) is 13.2. The molecule has 0 fully saturated rings. The van der Waals surface area contributed by atoms with Crippen LogP contribution in [0.25, 0.3) is 22.2 Å². The number of allylic oxidation sites excluding steroid dienone is 4. The maximum Gasteiger partial charge on any atom is 0.333 e. The van der Waals surface area contributed by atoms with Crippen molar-refractivity contribution in [3.05, 3.63) is 102 Å². The number of nitrogens with zero attached hydrogens (tertiary/aromatic N) is 1. The largest absolute Gasteiger partial charge is 0.467 e. The van der Waals surface area contributed by atoms with E-state index in [1.807, 2.05) is 86.7 Å². The molecule has 0 aliphatic rings. The molecular formula is C29H30N2O3. The molecule has 0 saturated carbocycles. The van der Waals surface area contributed by atoms with Gasteiger partial charge in [0.2, 0.25) is 0 Å². The van der Waals surface area contributed by atoms with Crippen molar-refractivity contribution < 1.29 is 14.3 Å². The topological polar surface area (TPSA) is 68.3 Å². The number of aromatic nitrogens is 1. The molecule has 34 heavy (non-hydrogen) atoms. The third-order valence-corrected chi connectivity index (χ3v) is 5.55. The molecule has 1 N–H and O–H groups in total. The van der Waals surface area contributed by atoms with Crippen molar-refractivity contribution in [2.75, 3.05) is 7.11 Å². The number of rotatable bonds is 8. The molecule has 0 spiro atoms. The van der Waals surface area contributed by atoms with E-state index in [0.717, 1.165) is 17.6 Å². The van der Waals surface area contributed by atoms with Gasteiger partial charge in [-0.1, -0.05) is 85.3 Å². The second kappa shape index (κ2) is 11.8. The summed E-state index contributed by atoms with van der Waals surface area (Å²) >= 11 is 0. The van der Waals surface area contributed by atoms with Gasteiger partial charge in [-0.3, -0.25) is 4.79 Å². The zero-order valence-electron chi connectivity index (χ0n) is 20.0. The van der Waals surface area contributed by atoms with Crippen molar-refractivity contribution in [3.63, 3.8) is 0 Å². The number of methoxy groups -OCH3 is 1. The van der Waals surface area contributed by atoms with Crippen LogP contribution >= 0.6 is 0 Å². The molecule has 1 unspecified atom stereocenters. The number of carbonyl (C=O) groups is 2. The smallest absolute Gasteiger partial charge is 0.333 e. The van der Waals surface area contributed by atoms with Crippen molar-refractivity contribution in [3.8, 4) is 11.3 Å². The molecule has 3 aromatic rings. The molecule has 1 aromatic heterocycles. The van der Waals surface area contributed by atoms with E-state index in [-0.39, 0.29) is 5.91 Å². The lowest BCUT2D eigenvalue weighted by molar-refractivity contribution is -0.141. The summed E-state index contributed by atoms with van der Waals surface area (Å²) in [6, 6.07) is 18.0. The number of para-hydroxylation sites is 1. The van der Waals surface area contributed by atoms with E-state index >= 15 is 0 Å². The lowest BCUT2D eigenvalue weighted by atomic mass is 10.0. The number of esters is 1. The highest BCUT2D eigenvalue weighted by molar-refractivity contribution is 6.08. The molecule has 0 radical (unpaired) electrons. The average Bonchev–Trinajstić information content (AvgIpc) is 2.88. The molecule has 0 saturated heterocycles. The Kier molecular flexibility index (Phi) is 8.52. The lowest BCUT2D eigenvalue weighted by Crippen LogP contribution is -2.42. The minimum absolute atomic E-state index is 0.377. The van der Waals surface area contributed by atoms with E-state index in [4.69, 9.17) is 9.72 Å². The molecule has 2 aromatic carbocycles. The Morgan fingerprint density at radius 2 is 1.76 bits per heavy atom. The van der Waals surface area contributed by atoms with Crippen LogP contribution in [0, 0.1) is 0 Å². The fourth-order valence-electron chi connectivity index (χ4n) is 3.52. The summed E-state index contributed by atoms with van der Waals surface area (Å²) in [6.45, 7) is 5.94. The summed E-state index contributed by atoms with van der Waals surface area (Å²) in [5, 5.41) is 3.60. The minimum atomic E-state index is -0.957. The van der Waals surface area contributed by atoms with Crippen molar-refractivity contribution in [1.82, 2.24) is 10.3 Å². The van der Waals surface area contributed by atoms with Gasteiger partial charge in [-0.15, -0.1) is 0 Å². The Bertz CT molecular complexity index is 1260. The Morgan fingerprint density at radius 1 is 1.06 bits per heavy atom. The number of pyridine rings is 1. The van der Waals surface area contributed by atoms with Crippen LogP contribution in [0.3, 0.4) is 0 Å². The van der Waals surface area contributed by atoms with E-state index in [1.165, 1.54) is 7.11 Å². The number of hydrogen-bond acceptors (Lipinski definition) is 4. The highest BCUT2D eigenvalue weighted by Gasteiger charge is 2.26. The monoisotopic (exact) mass is 454 g/mol. The first-order chi connectivity index (χ1) is 16.5. The van der Waals surface area contributed by atoms with Gasteiger partial charge in [-0.25, -0.2) is 9.78 Å². The lowest BCUT2D eigenvalue weighted by Gasteiger charge is -2.19. The summed E-state index contributed by atoms with van der Waals surface area (Å²) in [7, 11) is 1.32. The van der Waals surface area contributed by atoms with Gasteiger partial charge in [0, 0.05) is 10.9 Å². The number of fused-ring (bicyclic) bond motifs is 1. The summed E-state index contributed by atoms with van der Waals surface area (Å²) in [5.41, 5.74) is 4.53. The quantitative estimate of drug-likeness (QED) is 0.333. The van der Waals surface area contributed by atoms with Crippen LogP contribution in [0.5, 0.6) is 0 Å². The predicted octanol–water partition coefficient (Wildman–Crippen LogP) is 6.03. The van der Waals surface area contributed by atoms with Crippen molar-refractivity contribution in [2.24, 2.45) is 0 Å². The molecule has 174 valence electrons. The van der Waals surface area contributed by atoms with E-state index in [1.54, 1.807) is 12.1 Å². The summed E-state index contributed by atoms with van der Waals surface area (Å²) in [6.07, 6.45) is 8.33. The van der Waals surface area contributed by atoms with Gasteiger partial charge in [0.1, 0.15) is 0 Å². The maximum atomic E-state index is 13.6. The van der Waals surface area contributed by atoms with Crippen LogP contribution < -0.4 is 5.32 Å². The minimum Gasteiger partial charge on any atom is -0.467 e. The maximum absolute atomic E-state index is 13.6. The van der Waals surface area contributed by atoms with Crippen LogP contribution in [0.4, 0.5) is 0 Å². The number of hydrogen-bond donors (Lipinski definition) is 1. The summed E-state index contributed by atoms with van der Waals surface area (Å²) in [4.78, 5) is 31.0. The van der Waals surface area contributed by atoms with Crippen LogP contribution in [-0.2, 0) is 9.53 Å². The Labute approximate surface area is 200 Å². The summed E-state index contributed by atoms with van der Waals surface area (Å²) < 4.78 is 5.03. The van der Waals surface area contributed by atoms with E-state index in [9.17, 15) is 9.59 Å². The predicted molar refractivity (Wildman–Crippen MR) is 137 cm³/mol. The third-order valence-electron chi connectivity index (χ3n) is 5.55. The van der Waals surface area contributed by atoms with Gasteiger partial charge in [0.25, 0.3) is 5.91 Å². The SMILES string of the molecule is C\C=C/C(=C\C=C(/C)CC)C(NC(=O)c1cc(-c2ccccc2)nc2ccccc12)C(=O)OC. The third kappa shape index (κ3) is 5.87. The van der Waals surface area contributed by atoms with Gasteiger partial charge in [0.05, 0.1) is 23.9 Å². The molecule has 0 aliphatic carbocycles. The van der Waals surface area contributed by atoms with E-state index < -0.39 is 12.0 Å². The van der Waals surface area contributed by atoms with Crippen LogP contribution in [0.1, 0.15) is 37.6 Å². The Balaban J connectivity index is 2.08. The van der Waals surface area contributed by atoms with Crippen molar-refractivity contribution in [1.29, 1.82) is 0 Å². The van der Waals surface area contributed by atoms with Crippen LogP contribution in [0.2, 0.25) is 0 Å². The van der Waals surface area contributed by atoms with Gasteiger partial charge in [0.15, 0.2) is 6.04 Å². The fourth-order valence-corrected chi connectivity index (χ4v) is 3.52. The van der Waals surface area contributed by atoms with Crippen LogP contribution in [-0.4, -0.2) is 30.0 Å². The fraction of sp³-hybridized carbons (Fsp3) is 0.207. The molecule has 0 bridgehead atoms. The van der Waals surface area contributed by atoms with E-state index in [0.29, 0.717) is 27.7 Å². The Hall–Kier alpha value is -3.99. The molecule has 5 heteroatoms. The zero-order valence-corrected chi connectivity index (χ0v) is 20.0. The van der Waals surface area contributed by atoms with Crippen LogP contribution in [0.15, 0.2) is 96.1 Å². The molecular weight excluding hydrogens is 424 g/mol. The summed E-state index contributed by atoms with van der Waals surface area (Å²) in [5.74, 6) is -0.917. The van der Waals surface area contributed by atoms with Gasteiger partial charge < -0.3 is 10.1 Å². The number of benzene rings is 2. The number of ether oxygens (including phenoxy) is 1. The highest BCUT2D eigenvalue weighted by Crippen LogP contribution is 2.25. The van der Waals surface area contributed by atoms with Gasteiger partial charge >= 0.3 is 5.97 Å². The second-order valence-electron chi connectivity index (χ2n) is 7.90. The molecule has 1 atom stereocenters. The Morgan fingerprint density at radius 3 is 2.44 bits per heavy atom. The van der Waals surface area contributed by atoms with Crippen molar-refractivity contribution >= 4 is 22.8 Å². The molecule has 1 amide bonds. The molecule has 3 rings (SSSR count). The number of amides is 1. The van der Waals surface area contributed by atoms with Gasteiger partial charge in [-0.05, 0) is 38.0 Å². The van der Waals surface area contributed by atoms with Crippen molar-refractivity contribution in [2.45, 2.75) is 33.2 Å². The highest BCUT2D eigenvalue weighted by atomic mass is 16.5. The second-order valence-corrected chi connectivity index (χ2v) is 7.90. The first-order valence-electron chi connectivity index (χ1n) is 11.3. The van der Waals surface area contributed by atoms with E-state index in [2.05, 4.69) is 12.2 Å². The standard InChI is InChI=1S/C29H30N2O3/c1-5-12-22(18-17-20(3)6-2)27(29(33)34-4)31-28(32)24-19-26(21-13-8-7-9-14-21)30-25-16-11-10-15-23(24)25/h5,7-19,27H,6H2,1-4H3,(H,31,32)/b12-5-,20-17+,22-18+. The molecule has 1 heterocycles. The molecule has 5 nitrogen and oxygen atoms in total. The average molecular weight is 455 g/mol. The number of nitrogens with one attached hydrogen (secondary N) is 1. The molecule has 0 aliphatic heterocycles. The van der Waals surface area contributed by atoms with Gasteiger partial charge in [-0.2, -0.15) is 0 Å².